The van der Waals surface area contributed by atoms with Gasteiger partial charge in [-0.05, 0) is 29.5 Å². The molecule has 3 N–H and O–H groups in total. The standard InChI is InChI=1S/C11H13ClN2/c1-6-7-3-2-4-10(12)9(7)5-8(6)11(13)14/h2-4,6,8H,5H2,1H3,(H3,13,14). The summed E-state index contributed by atoms with van der Waals surface area (Å²) in [6.07, 6.45) is 0.811. The summed E-state index contributed by atoms with van der Waals surface area (Å²) in [6, 6.07) is 5.94. The van der Waals surface area contributed by atoms with Crippen LogP contribution < -0.4 is 5.73 Å². The first-order valence-electron chi connectivity index (χ1n) is 4.72. The number of nitrogens with two attached hydrogens (primary N) is 1. The van der Waals surface area contributed by atoms with Crippen LogP contribution in [-0.2, 0) is 6.42 Å². The summed E-state index contributed by atoms with van der Waals surface area (Å²) in [4.78, 5) is 0. The maximum absolute atomic E-state index is 7.50. The first-order chi connectivity index (χ1) is 6.61. The van der Waals surface area contributed by atoms with E-state index >= 15 is 0 Å². The third kappa shape index (κ3) is 1.30. The number of nitrogens with one attached hydrogen (secondary N) is 1. The Bertz CT molecular complexity index is 387. The van der Waals surface area contributed by atoms with E-state index in [1.807, 2.05) is 12.1 Å². The van der Waals surface area contributed by atoms with Crippen LogP contribution in [-0.4, -0.2) is 5.84 Å². The molecule has 1 aromatic carbocycles. The predicted molar refractivity (Wildman–Crippen MR) is 59.0 cm³/mol. The highest BCUT2D eigenvalue weighted by Crippen LogP contribution is 2.40. The lowest BCUT2D eigenvalue weighted by atomic mass is 9.94. The normalized spacial score (nSPS) is 24.7. The second-order valence-corrected chi connectivity index (χ2v) is 4.27. The molecule has 0 heterocycles. The van der Waals surface area contributed by atoms with Crippen molar-refractivity contribution in [2.45, 2.75) is 19.3 Å². The van der Waals surface area contributed by atoms with E-state index in [0.29, 0.717) is 5.92 Å². The fourth-order valence-electron chi connectivity index (χ4n) is 2.21. The van der Waals surface area contributed by atoms with Crippen molar-refractivity contribution < 1.29 is 0 Å². The zero-order valence-electron chi connectivity index (χ0n) is 8.05. The molecule has 2 nitrogen and oxygen atoms in total. The molecule has 0 saturated heterocycles. The number of fused-ring (bicyclic) bond motifs is 1. The fraction of sp³-hybridized carbons (Fsp3) is 0.364. The molecule has 0 fully saturated rings. The minimum Gasteiger partial charge on any atom is -0.387 e. The van der Waals surface area contributed by atoms with Crippen molar-refractivity contribution >= 4 is 17.4 Å². The highest BCUT2D eigenvalue weighted by molar-refractivity contribution is 6.31. The Morgan fingerprint density at radius 1 is 1.57 bits per heavy atom. The Kier molecular flexibility index (Phi) is 2.23. The summed E-state index contributed by atoms with van der Waals surface area (Å²) in [5.74, 6) is 0.718. The zero-order valence-corrected chi connectivity index (χ0v) is 8.81. The lowest BCUT2D eigenvalue weighted by Crippen LogP contribution is -2.24. The molecule has 2 rings (SSSR count). The van der Waals surface area contributed by atoms with Crippen LogP contribution in [0.5, 0.6) is 0 Å². The average Bonchev–Trinajstić information content (AvgIpc) is 2.46. The smallest absolute Gasteiger partial charge is 0.0946 e. The van der Waals surface area contributed by atoms with Gasteiger partial charge in [0.2, 0.25) is 0 Å². The van der Waals surface area contributed by atoms with E-state index in [2.05, 4.69) is 13.0 Å². The molecule has 1 aromatic rings. The summed E-state index contributed by atoms with van der Waals surface area (Å²) < 4.78 is 0. The zero-order chi connectivity index (χ0) is 10.3. The highest BCUT2D eigenvalue weighted by atomic mass is 35.5. The summed E-state index contributed by atoms with van der Waals surface area (Å²) in [5.41, 5.74) is 7.97. The van der Waals surface area contributed by atoms with Crippen molar-refractivity contribution in [3.05, 3.63) is 34.3 Å². The number of benzene rings is 1. The van der Waals surface area contributed by atoms with Crippen LogP contribution >= 0.6 is 11.6 Å². The van der Waals surface area contributed by atoms with Crippen LogP contribution in [0.2, 0.25) is 5.02 Å². The second kappa shape index (κ2) is 3.28. The van der Waals surface area contributed by atoms with Gasteiger partial charge in [-0.15, -0.1) is 0 Å². The van der Waals surface area contributed by atoms with Gasteiger partial charge in [0.25, 0.3) is 0 Å². The number of amidine groups is 1. The number of rotatable bonds is 1. The maximum Gasteiger partial charge on any atom is 0.0946 e. The van der Waals surface area contributed by atoms with Gasteiger partial charge in [-0.1, -0.05) is 30.7 Å². The third-order valence-electron chi connectivity index (χ3n) is 3.07. The molecule has 1 aliphatic rings. The molecule has 14 heavy (non-hydrogen) atoms. The van der Waals surface area contributed by atoms with E-state index in [1.165, 1.54) is 11.1 Å². The van der Waals surface area contributed by atoms with Crippen molar-refractivity contribution in [3.8, 4) is 0 Å². The number of hydrogen-bond acceptors (Lipinski definition) is 1. The SMILES string of the molecule is CC1c2cccc(Cl)c2CC1C(=N)N. The quantitative estimate of drug-likeness (QED) is 0.541. The van der Waals surface area contributed by atoms with Gasteiger partial charge in [-0.25, -0.2) is 0 Å². The number of hydrogen-bond donors (Lipinski definition) is 2. The summed E-state index contributed by atoms with van der Waals surface area (Å²) in [6.45, 7) is 2.11. The first-order valence-corrected chi connectivity index (χ1v) is 5.10. The lowest BCUT2D eigenvalue weighted by molar-refractivity contribution is 0.618. The summed E-state index contributed by atoms with van der Waals surface area (Å²) >= 11 is 6.09. The Hall–Kier alpha value is -1.02. The van der Waals surface area contributed by atoms with Crippen LogP contribution in [0.1, 0.15) is 24.0 Å². The van der Waals surface area contributed by atoms with Gasteiger partial charge >= 0.3 is 0 Å². The van der Waals surface area contributed by atoms with E-state index in [4.69, 9.17) is 22.7 Å². The molecule has 0 radical (unpaired) electrons. The minimum atomic E-state index is 0.130. The summed E-state index contributed by atoms with van der Waals surface area (Å²) in [5, 5.41) is 8.31. The van der Waals surface area contributed by atoms with Crippen LogP contribution in [0.4, 0.5) is 0 Å². The predicted octanol–water partition coefficient (Wildman–Crippen LogP) is 2.55. The fourth-order valence-corrected chi connectivity index (χ4v) is 2.47. The van der Waals surface area contributed by atoms with Crippen LogP contribution in [0.25, 0.3) is 0 Å². The topological polar surface area (TPSA) is 49.9 Å². The first kappa shape index (κ1) is 9.53. The van der Waals surface area contributed by atoms with Gasteiger partial charge in [-0.2, -0.15) is 0 Å². The van der Waals surface area contributed by atoms with E-state index < -0.39 is 0 Å². The van der Waals surface area contributed by atoms with Crippen LogP contribution in [0.15, 0.2) is 18.2 Å². The van der Waals surface area contributed by atoms with Gasteiger partial charge in [0.1, 0.15) is 0 Å². The lowest BCUT2D eigenvalue weighted by Gasteiger charge is -2.13. The van der Waals surface area contributed by atoms with E-state index in [9.17, 15) is 0 Å². The van der Waals surface area contributed by atoms with Gasteiger partial charge in [-0.3, -0.25) is 5.41 Å². The van der Waals surface area contributed by atoms with Crippen LogP contribution in [0.3, 0.4) is 0 Å². The van der Waals surface area contributed by atoms with Crippen molar-refractivity contribution in [3.63, 3.8) is 0 Å². The molecule has 74 valence electrons. The van der Waals surface area contributed by atoms with Crippen molar-refractivity contribution in [2.75, 3.05) is 0 Å². The van der Waals surface area contributed by atoms with E-state index in [-0.39, 0.29) is 11.8 Å². The molecular formula is C11H13ClN2. The minimum absolute atomic E-state index is 0.130. The van der Waals surface area contributed by atoms with Crippen molar-refractivity contribution in [2.24, 2.45) is 11.7 Å². The Balaban J connectivity index is 2.45. The average molecular weight is 209 g/mol. The molecule has 1 aliphatic carbocycles. The monoisotopic (exact) mass is 208 g/mol. The molecule has 3 heteroatoms. The Morgan fingerprint density at radius 2 is 2.29 bits per heavy atom. The Morgan fingerprint density at radius 3 is 2.86 bits per heavy atom. The molecule has 0 spiro atoms. The molecule has 2 atom stereocenters. The van der Waals surface area contributed by atoms with Gasteiger partial charge < -0.3 is 5.73 Å². The van der Waals surface area contributed by atoms with Gasteiger partial charge in [0.15, 0.2) is 0 Å². The molecule has 0 amide bonds. The molecule has 2 unspecified atom stereocenters. The third-order valence-corrected chi connectivity index (χ3v) is 3.43. The van der Waals surface area contributed by atoms with Gasteiger partial charge in [0, 0.05) is 10.9 Å². The van der Waals surface area contributed by atoms with Crippen molar-refractivity contribution in [1.82, 2.24) is 0 Å². The molecule has 0 aliphatic heterocycles. The highest BCUT2D eigenvalue weighted by Gasteiger charge is 2.32. The molecular weight excluding hydrogens is 196 g/mol. The number of halogens is 1. The molecule has 0 aromatic heterocycles. The molecule has 0 bridgehead atoms. The molecule has 0 saturated carbocycles. The van der Waals surface area contributed by atoms with Crippen LogP contribution in [0, 0.1) is 11.3 Å². The van der Waals surface area contributed by atoms with E-state index in [0.717, 1.165) is 11.4 Å². The van der Waals surface area contributed by atoms with Gasteiger partial charge in [0.05, 0.1) is 5.84 Å². The Labute approximate surface area is 88.6 Å². The largest absolute Gasteiger partial charge is 0.387 e. The second-order valence-electron chi connectivity index (χ2n) is 3.86. The van der Waals surface area contributed by atoms with E-state index in [1.54, 1.807) is 0 Å². The maximum atomic E-state index is 7.50. The van der Waals surface area contributed by atoms with Crippen molar-refractivity contribution in [1.29, 1.82) is 5.41 Å². The summed E-state index contributed by atoms with van der Waals surface area (Å²) in [7, 11) is 0.